The van der Waals surface area contributed by atoms with E-state index < -0.39 is 0 Å². The van der Waals surface area contributed by atoms with Gasteiger partial charge in [0.15, 0.2) is 0 Å². The van der Waals surface area contributed by atoms with Gasteiger partial charge in [-0.05, 0) is 43.0 Å². The molecule has 1 saturated carbocycles. The van der Waals surface area contributed by atoms with Crippen molar-refractivity contribution in [3.8, 4) is 0 Å². The van der Waals surface area contributed by atoms with Gasteiger partial charge in [-0.15, -0.1) is 0 Å². The molecule has 0 bridgehead atoms. The third-order valence-corrected chi connectivity index (χ3v) is 3.94. The Morgan fingerprint density at radius 3 is 3.00 bits per heavy atom. The summed E-state index contributed by atoms with van der Waals surface area (Å²) in [6.07, 6.45) is 7.17. The van der Waals surface area contributed by atoms with Crippen LogP contribution in [-0.4, -0.2) is 11.0 Å². The van der Waals surface area contributed by atoms with Crippen LogP contribution in [0.3, 0.4) is 0 Å². The molecule has 2 aromatic rings. The van der Waals surface area contributed by atoms with E-state index in [0.29, 0.717) is 6.04 Å². The molecule has 2 nitrogen and oxygen atoms in total. The molecule has 1 aliphatic carbocycles. The number of nitrogens with zero attached hydrogens (tertiary/aromatic N) is 1. The maximum Gasteiger partial charge on any atom is 0.0722 e. The fourth-order valence-electron chi connectivity index (χ4n) is 3.01. The van der Waals surface area contributed by atoms with Gasteiger partial charge in [0.2, 0.25) is 0 Å². The first-order valence-corrected chi connectivity index (χ1v) is 6.93. The van der Waals surface area contributed by atoms with Crippen LogP contribution < -0.4 is 5.32 Å². The van der Waals surface area contributed by atoms with Crippen LogP contribution in [0, 0.1) is 5.92 Å². The van der Waals surface area contributed by atoms with Gasteiger partial charge in [-0.1, -0.05) is 25.8 Å². The highest BCUT2D eigenvalue weighted by Crippen LogP contribution is 2.28. The van der Waals surface area contributed by atoms with Crippen LogP contribution in [0.15, 0.2) is 36.5 Å². The second-order valence-corrected chi connectivity index (χ2v) is 5.49. The monoisotopic (exact) mass is 240 g/mol. The minimum absolute atomic E-state index is 0.625. The van der Waals surface area contributed by atoms with Crippen LogP contribution in [-0.2, 0) is 0 Å². The van der Waals surface area contributed by atoms with E-state index in [-0.39, 0.29) is 0 Å². The van der Waals surface area contributed by atoms with E-state index in [1.807, 2.05) is 12.3 Å². The molecule has 2 heteroatoms. The number of benzene rings is 1. The first-order valence-electron chi connectivity index (χ1n) is 6.93. The summed E-state index contributed by atoms with van der Waals surface area (Å²) in [5.41, 5.74) is 2.31. The predicted molar refractivity (Wildman–Crippen MR) is 76.8 cm³/mol. The lowest BCUT2D eigenvalue weighted by Crippen LogP contribution is -2.26. The lowest BCUT2D eigenvalue weighted by molar-refractivity contribution is 0.359. The average Bonchev–Trinajstić information content (AvgIpc) is 2.39. The number of nitrogens with one attached hydrogen (secondary N) is 1. The summed E-state index contributed by atoms with van der Waals surface area (Å²) in [5, 5.41) is 4.95. The van der Waals surface area contributed by atoms with Gasteiger partial charge in [0, 0.05) is 23.3 Å². The number of fused-ring (bicyclic) bond motifs is 1. The fourth-order valence-corrected chi connectivity index (χ4v) is 3.01. The van der Waals surface area contributed by atoms with Crippen molar-refractivity contribution in [1.82, 2.24) is 4.98 Å². The number of anilines is 1. The molecule has 1 heterocycles. The SMILES string of the molecule is CC1CCCC(Nc2cccc3ncccc23)C1. The topological polar surface area (TPSA) is 24.9 Å². The van der Waals surface area contributed by atoms with E-state index >= 15 is 0 Å². The average molecular weight is 240 g/mol. The summed E-state index contributed by atoms with van der Waals surface area (Å²) in [5.74, 6) is 0.851. The van der Waals surface area contributed by atoms with Gasteiger partial charge < -0.3 is 5.32 Å². The molecule has 94 valence electrons. The van der Waals surface area contributed by atoms with E-state index in [0.717, 1.165) is 11.4 Å². The maximum atomic E-state index is 4.41. The molecule has 18 heavy (non-hydrogen) atoms. The van der Waals surface area contributed by atoms with Gasteiger partial charge in [-0.3, -0.25) is 4.98 Å². The Morgan fingerprint density at radius 1 is 1.17 bits per heavy atom. The third kappa shape index (κ3) is 2.33. The maximum absolute atomic E-state index is 4.41. The molecule has 1 fully saturated rings. The van der Waals surface area contributed by atoms with Gasteiger partial charge in [0.25, 0.3) is 0 Å². The minimum atomic E-state index is 0.625. The van der Waals surface area contributed by atoms with Gasteiger partial charge in [-0.2, -0.15) is 0 Å². The highest BCUT2D eigenvalue weighted by molar-refractivity contribution is 5.91. The molecule has 1 N–H and O–H groups in total. The van der Waals surface area contributed by atoms with E-state index in [1.54, 1.807) is 0 Å². The second kappa shape index (κ2) is 4.97. The zero-order valence-corrected chi connectivity index (χ0v) is 10.9. The highest BCUT2D eigenvalue weighted by atomic mass is 14.9. The lowest BCUT2D eigenvalue weighted by atomic mass is 9.87. The highest BCUT2D eigenvalue weighted by Gasteiger charge is 2.18. The zero-order valence-electron chi connectivity index (χ0n) is 10.9. The van der Waals surface area contributed by atoms with Crippen LogP contribution in [0.4, 0.5) is 5.69 Å². The summed E-state index contributed by atoms with van der Waals surface area (Å²) < 4.78 is 0. The van der Waals surface area contributed by atoms with Crippen LogP contribution in [0.2, 0.25) is 0 Å². The molecule has 1 aromatic heterocycles. The van der Waals surface area contributed by atoms with Crippen LogP contribution >= 0.6 is 0 Å². The predicted octanol–water partition coefficient (Wildman–Crippen LogP) is 4.23. The largest absolute Gasteiger partial charge is 0.382 e. The van der Waals surface area contributed by atoms with Crippen LogP contribution in [0.25, 0.3) is 10.9 Å². The van der Waals surface area contributed by atoms with Crippen molar-refractivity contribution in [3.63, 3.8) is 0 Å². The van der Waals surface area contributed by atoms with E-state index in [1.165, 1.54) is 36.8 Å². The van der Waals surface area contributed by atoms with E-state index in [2.05, 4.69) is 41.5 Å². The Morgan fingerprint density at radius 2 is 2.11 bits per heavy atom. The molecule has 0 radical (unpaired) electrons. The van der Waals surface area contributed by atoms with Crippen molar-refractivity contribution in [2.45, 2.75) is 38.6 Å². The number of hydrogen-bond donors (Lipinski definition) is 1. The van der Waals surface area contributed by atoms with E-state index in [9.17, 15) is 0 Å². The molecule has 2 unspecified atom stereocenters. The molecule has 3 rings (SSSR count). The first-order chi connectivity index (χ1) is 8.83. The lowest BCUT2D eigenvalue weighted by Gasteiger charge is -2.28. The van der Waals surface area contributed by atoms with Gasteiger partial charge in [0.05, 0.1) is 5.52 Å². The van der Waals surface area contributed by atoms with Crippen molar-refractivity contribution >= 4 is 16.6 Å². The molecular formula is C16H20N2. The van der Waals surface area contributed by atoms with Gasteiger partial charge in [0.1, 0.15) is 0 Å². The Labute approximate surface area is 108 Å². The number of rotatable bonds is 2. The third-order valence-electron chi connectivity index (χ3n) is 3.94. The van der Waals surface area contributed by atoms with Gasteiger partial charge >= 0.3 is 0 Å². The molecule has 1 aromatic carbocycles. The number of aromatic nitrogens is 1. The van der Waals surface area contributed by atoms with Crippen LogP contribution in [0.5, 0.6) is 0 Å². The van der Waals surface area contributed by atoms with Crippen molar-refractivity contribution in [2.24, 2.45) is 5.92 Å². The molecule has 0 amide bonds. The minimum Gasteiger partial charge on any atom is -0.382 e. The second-order valence-electron chi connectivity index (χ2n) is 5.49. The van der Waals surface area contributed by atoms with Crippen molar-refractivity contribution in [1.29, 1.82) is 0 Å². The molecule has 0 spiro atoms. The summed E-state index contributed by atoms with van der Waals surface area (Å²) in [6, 6.07) is 11.1. The molecule has 0 saturated heterocycles. The Bertz CT molecular complexity index is 530. The van der Waals surface area contributed by atoms with Crippen molar-refractivity contribution < 1.29 is 0 Å². The van der Waals surface area contributed by atoms with Crippen molar-refractivity contribution in [2.75, 3.05) is 5.32 Å². The van der Waals surface area contributed by atoms with E-state index in [4.69, 9.17) is 0 Å². The van der Waals surface area contributed by atoms with Crippen molar-refractivity contribution in [3.05, 3.63) is 36.5 Å². The Hall–Kier alpha value is -1.57. The summed E-state index contributed by atoms with van der Waals surface area (Å²) >= 11 is 0. The molecular weight excluding hydrogens is 220 g/mol. The first kappa shape index (κ1) is 11.5. The Balaban J connectivity index is 1.86. The fraction of sp³-hybridized carbons (Fsp3) is 0.438. The smallest absolute Gasteiger partial charge is 0.0722 e. The number of hydrogen-bond acceptors (Lipinski definition) is 2. The molecule has 1 aliphatic rings. The quantitative estimate of drug-likeness (QED) is 0.850. The van der Waals surface area contributed by atoms with Crippen LogP contribution in [0.1, 0.15) is 32.6 Å². The zero-order chi connectivity index (χ0) is 12.4. The summed E-state index contributed by atoms with van der Waals surface area (Å²) in [4.78, 5) is 4.41. The normalized spacial score (nSPS) is 24.1. The Kier molecular flexibility index (Phi) is 3.18. The number of pyridine rings is 1. The van der Waals surface area contributed by atoms with Gasteiger partial charge in [-0.25, -0.2) is 0 Å². The summed E-state index contributed by atoms with van der Waals surface area (Å²) in [6.45, 7) is 2.36. The summed E-state index contributed by atoms with van der Waals surface area (Å²) in [7, 11) is 0. The molecule has 0 aliphatic heterocycles. The standard InChI is InChI=1S/C16H20N2/c1-12-5-2-6-13(11-12)18-16-9-3-8-15-14(16)7-4-10-17-15/h3-4,7-10,12-13,18H,2,5-6,11H2,1H3. The molecule has 2 atom stereocenters.